The lowest BCUT2D eigenvalue weighted by atomic mass is 9.96. The summed E-state index contributed by atoms with van der Waals surface area (Å²) in [5.74, 6) is 2.49. The number of anilines is 2. The van der Waals surface area contributed by atoms with E-state index in [1.54, 1.807) is 0 Å². The van der Waals surface area contributed by atoms with Gasteiger partial charge >= 0.3 is 0 Å². The van der Waals surface area contributed by atoms with Gasteiger partial charge in [-0.05, 0) is 62.4 Å². The summed E-state index contributed by atoms with van der Waals surface area (Å²) in [6.07, 6.45) is 5.12. The third-order valence-electron chi connectivity index (χ3n) is 7.03. The lowest BCUT2D eigenvalue weighted by molar-refractivity contribution is 0.611. The summed E-state index contributed by atoms with van der Waals surface area (Å²) in [5, 5.41) is 4.95. The van der Waals surface area contributed by atoms with E-state index < -0.39 is 0 Å². The maximum atomic E-state index is 13.4. The van der Waals surface area contributed by atoms with Crippen molar-refractivity contribution in [1.82, 2.24) is 19.6 Å². The fourth-order valence-electron chi connectivity index (χ4n) is 5.18. The minimum atomic E-state index is -0.194. The number of fused-ring (bicyclic) bond motifs is 2. The second kappa shape index (κ2) is 8.70. The van der Waals surface area contributed by atoms with Crippen molar-refractivity contribution in [3.63, 3.8) is 0 Å². The molecule has 34 heavy (non-hydrogen) atoms. The van der Waals surface area contributed by atoms with Gasteiger partial charge in [-0.25, -0.2) is 9.37 Å². The molecule has 6 rings (SSSR count). The van der Waals surface area contributed by atoms with E-state index in [1.165, 1.54) is 53.2 Å². The molecule has 3 heterocycles. The van der Waals surface area contributed by atoms with Crippen molar-refractivity contribution in [3.8, 4) is 0 Å². The van der Waals surface area contributed by atoms with Crippen LogP contribution in [0.1, 0.15) is 41.1 Å². The fraction of sp³-hybridized carbons (Fsp3) is 0.370. The smallest absolute Gasteiger partial charge is 0.254 e. The van der Waals surface area contributed by atoms with E-state index in [4.69, 9.17) is 15.1 Å². The highest BCUT2D eigenvalue weighted by Crippen LogP contribution is 2.31. The van der Waals surface area contributed by atoms with Gasteiger partial charge in [0.15, 0.2) is 5.82 Å². The Hall–Kier alpha value is -3.48. The molecule has 0 radical (unpaired) electrons. The van der Waals surface area contributed by atoms with E-state index in [1.807, 2.05) is 16.6 Å². The monoisotopic (exact) mass is 456 g/mol. The van der Waals surface area contributed by atoms with Crippen LogP contribution in [-0.4, -0.2) is 45.8 Å². The predicted octanol–water partition coefficient (Wildman–Crippen LogP) is 4.37. The van der Waals surface area contributed by atoms with Gasteiger partial charge in [-0.3, -0.25) is 0 Å². The van der Waals surface area contributed by atoms with Crippen LogP contribution in [0.2, 0.25) is 0 Å². The minimum absolute atomic E-state index is 0.194. The first-order valence-corrected chi connectivity index (χ1v) is 12.2. The van der Waals surface area contributed by atoms with E-state index >= 15 is 0 Å². The molecule has 1 aliphatic carbocycles. The molecular formula is C27H29FN6. The van der Waals surface area contributed by atoms with Gasteiger partial charge in [-0.15, -0.1) is 5.10 Å². The number of piperazine rings is 1. The summed E-state index contributed by atoms with van der Waals surface area (Å²) in [4.78, 5) is 14.5. The van der Waals surface area contributed by atoms with E-state index in [0.717, 1.165) is 50.5 Å². The van der Waals surface area contributed by atoms with E-state index in [-0.39, 0.29) is 5.82 Å². The van der Waals surface area contributed by atoms with Crippen molar-refractivity contribution >= 4 is 17.3 Å². The molecule has 4 aromatic rings. The highest BCUT2D eigenvalue weighted by molar-refractivity contribution is 5.57. The molecule has 6 nitrogen and oxygen atoms in total. The number of aromatic nitrogens is 4. The number of benzene rings is 2. The Balaban J connectivity index is 1.32. The first kappa shape index (κ1) is 21.1. The molecule has 2 aromatic carbocycles. The highest BCUT2D eigenvalue weighted by atomic mass is 19.1. The first-order valence-electron chi connectivity index (χ1n) is 12.2. The van der Waals surface area contributed by atoms with Crippen molar-refractivity contribution in [1.29, 1.82) is 0 Å². The third-order valence-corrected chi connectivity index (χ3v) is 7.03. The van der Waals surface area contributed by atoms with Gasteiger partial charge in [0.05, 0.1) is 5.69 Å². The number of rotatable bonds is 4. The molecule has 0 amide bonds. The molecule has 0 N–H and O–H groups in total. The highest BCUT2D eigenvalue weighted by Gasteiger charge is 2.27. The third kappa shape index (κ3) is 4.00. The van der Waals surface area contributed by atoms with Crippen LogP contribution in [0.5, 0.6) is 0 Å². The average Bonchev–Trinajstić information content (AvgIpc) is 3.26. The molecule has 0 atom stereocenters. The maximum Gasteiger partial charge on any atom is 0.254 e. The second-order valence-corrected chi connectivity index (χ2v) is 9.42. The summed E-state index contributed by atoms with van der Waals surface area (Å²) in [6, 6.07) is 15.4. The molecule has 1 aliphatic heterocycles. The molecule has 174 valence electrons. The fourth-order valence-corrected chi connectivity index (χ4v) is 5.18. The molecule has 1 fully saturated rings. The Kier molecular flexibility index (Phi) is 5.40. The van der Waals surface area contributed by atoms with E-state index in [2.05, 4.69) is 41.0 Å². The van der Waals surface area contributed by atoms with Crippen LogP contribution >= 0.6 is 0 Å². The Labute approximate surface area is 199 Å². The SMILES string of the molecule is Cc1ccc(Cc2nc3nc4c(c(N5CCN(c6ccc(F)cc6)CC5)n3n2)CCCC4)cc1. The minimum Gasteiger partial charge on any atom is -0.368 e. The second-order valence-electron chi connectivity index (χ2n) is 9.42. The zero-order valence-electron chi connectivity index (χ0n) is 19.5. The van der Waals surface area contributed by atoms with Crippen LogP contribution in [0, 0.1) is 12.7 Å². The predicted molar refractivity (Wildman–Crippen MR) is 132 cm³/mol. The van der Waals surface area contributed by atoms with Crippen molar-refractivity contribution in [2.24, 2.45) is 0 Å². The van der Waals surface area contributed by atoms with Gasteiger partial charge in [0.1, 0.15) is 11.6 Å². The number of nitrogens with zero attached hydrogens (tertiary/aromatic N) is 6. The number of hydrogen-bond acceptors (Lipinski definition) is 5. The van der Waals surface area contributed by atoms with Crippen LogP contribution in [0.3, 0.4) is 0 Å². The summed E-state index contributed by atoms with van der Waals surface area (Å²) >= 11 is 0. The molecule has 0 bridgehead atoms. The lowest BCUT2D eigenvalue weighted by Gasteiger charge is -2.38. The molecular weight excluding hydrogens is 427 g/mol. The van der Waals surface area contributed by atoms with Gasteiger partial charge in [-0.2, -0.15) is 9.50 Å². The van der Waals surface area contributed by atoms with Crippen molar-refractivity contribution < 1.29 is 4.39 Å². The van der Waals surface area contributed by atoms with Gasteiger partial charge in [0, 0.05) is 43.9 Å². The molecule has 2 aromatic heterocycles. The Morgan fingerprint density at radius 1 is 0.824 bits per heavy atom. The molecule has 7 heteroatoms. The van der Waals surface area contributed by atoms with Crippen molar-refractivity contribution in [3.05, 3.63) is 82.6 Å². The van der Waals surface area contributed by atoms with Crippen molar-refractivity contribution in [2.75, 3.05) is 36.0 Å². The lowest BCUT2D eigenvalue weighted by Crippen LogP contribution is -2.47. The standard InChI is InChI=1S/C27H29FN6/c1-19-6-8-20(9-7-19)18-25-30-27-29-24-5-3-2-4-23(24)26(34(27)31-25)33-16-14-32(15-17-33)22-12-10-21(28)11-13-22/h6-13H,2-5,14-18H2,1H3. The van der Waals surface area contributed by atoms with Crippen molar-refractivity contribution in [2.45, 2.75) is 39.0 Å². The molecule has 1 saturated heterocycles. The molecule has 2 aliphatic rings. The summed E-state index contributed by atoms with van der Waals surface area (Å²) in [6.45, 7) is 5.64. The quantitative estimate of drug-likeness (QED) is 0.457. The number of aryl methyl sites for hydroxylation is 2. The van der Waals surface area contributed by atoms with Crippen LogP contribution in [0.25, 0.3) is 5.78 Å². The molecule has 0 saturated carbocycles. The Morgan fingerprint density at radius 3 is 2.29 bits per heavy atom. The molecule has 0 spiro atoms. The summed E-state index contributed by atoms with van der Waals surface area (Å²) in [5.41, 5.74) is 6.05. The van der Waals surface area contributed by atoms with Crippen LogP contribution in [0.4, 0.5) is 15.9 Å². The first-order chi connectivity index (χ1) is 16.6. The zero-order chi connectivity index (χ0) is 23.1. The van der Waals surface area contributed by atoms with E-state index in [0.29, 0.717) is 12.2 Å². The summed E-state index contributed by atoms with van der Waals surface area (Å²) < 4.78 is 15.3. The van der Waals surface area contributed by atoms with Gasteiger partial charge in [0.25, 0.3) is 5.78 Å². The Morgan fingerprint density at radius 2 is 1.53 bits per heavy atom. The average molecular weight is 457 g/mol. The van der Waals surface area contributed by atoms with E-state index in [9.17, 15) is 4.39 Å². The maximum absolute atomic E-state index is 13.4. The van der Waals surface area contributed by atoms with Crippen LogP contribution in [0.15, 0.2) is 48.5 Å². The number of halogens is 1. The molecule has 0 unspecified atom stereocenters. The topological polar surface area (TPSA) is 49.6 Å². The largest absolute Gasteiger partial charge is 0.368 e. The van der Waals surface area contributed by atoms with Gasteiger partial charge in [-0.1, -0.05) is 29.8 Å². The zero-order valence-corrected chi connectivity index (χ0v) is 19.5. The normalized spacial score (nSPS) is 16.2. The summed E-state index contributed by atoms with van der Waals surface area (Å²) in [7, 11) is 0. The Bertz CT molecular complexity index is 1300. The van der Waals surface area contributed by atoms with Crippen LogP contribution < -0.4 is 9.80 Å². The van der Waals surface area contributed by atoms with Gasteiger partial charge < -0.3 is 9.80 Å². The van der Waals surface area contributed by atoms with Crippen LogP contribution in [-0.2, 0) is 19.3 Å². The number of hydrogen-bond donors (Lipinski definition) is 0. The van der Waals surface area contributed by atoms with Gasteiger partial charge in [0.2, 0.25) is 0 Å².